The van der Waals surface area contributed by atoms with Crippen LogP contribution in [-0.4, -0.2) is 50.9 Å². The van der Waals surface area contributed by atoms with Crippen LogP contribution in [0.5, 0.6) is 5.75 Å². The molecule has 4 rings (SSSR count). The van der Waals surface area contributed by atoms with Crippen molar-refractivity contribution in [3.05, 3.63) is 89.2 Å². The van der Waals surface area contributed by atoms with E-state index in [4.69, 9.17) is 16.3 Å². The lowest BCUT2D eigenvalue weighted by atomic mass is 10.1. The maximum Gasteiger partial charge on any atom is 0.264 e. The summed E-state index contributed by atoms with van der Waals surface area (Å²) in [6.07, 6.45) is 3.81. The summed E-state index contributed by atoms with van der Waals surface area (Å²) in [7, 11) is -2.81. The summed E-state index contributed by atoms with van der Waals surface area (Å²) in [6, 6.07) is 16.6. The molecule has 2 amide bonds. The van der Waals surface area contributed by atoms with Gasteiger partial charge in [0.25, 0.3) is 10.0 Å². The lowest BCUT2D eigenvalue weighted by Gasteiger charge is -2.32. The zero-order chi connectivity index (χ0) is 29.6. The van der Waals surface area contributed by atoms with Gasteiger partial charge in [0.15, 0.2) is 0 Å². The molecule has 1 atom stereocenters. The van der Waals surface area contributed by atoms with Crippen molar-refractivity contribution in [1.29, 1.82) is 0 Å². The first-order valence-electron chi connectivity index (χ1n) is 13.3. The maximum absolute atomic E-state index is 13.9. The SMILES string of the molecule is COc1ccc(S(=O)(=O)N(CC(=O)N(Cc2ccc(Cl)cc2)[C@@H](C)C(=O)NC2CCCC2)c2ccc(F)cc2)cc1. The van der Waals surface area contributed by atoms with E-state index in [0.717, 1.165) is 47.7 Å². The average Bonchev–Trinajstić information content (AvgIpc) is 3.48. The molecule has 1 aliphatic rings. The first-order chi connectivity index (χ1) is 19.6. The molecule has 0 aliphatic heterocycles. The molecular weight excluding hydrogens is 569 g/mol. The molecule has 3 aromatic carbocycles. The molecule has 8 nitrogen and oxygen atoms in total. The van der Waals surface area contributed by atoms with Crippen molar-refractivity contribution in [2.75, 3.05) is 18.0 Å². The van der Waals surface area contributed by atoms with Gasteiger partial charge in [-0.15, -0.1) is 0 Å². The largest absolute Gasteiger partial charge is 0.497 e. The zero-order valence-electron chi connectivity index (χ0n) is 22.9. The fourth-order valence-corrected chi connectivity index (χ4v) is 6.31. The predicted octanol–water partition coefficient (Wildman–Crippen LogP) is 5.16. The van der Waals surface area contributed by atoms with E-state index in [1.165, 1.54) is 48.4 Å². The number of methoxy groups -OCH3 is 1. The van der Waals surface area contributed by atoms with E-state index in [1.54, 1.807) is 31.2 Å². The van der Waals surface area contributed by atoms with Crippen molar-refractivity contribution in [2.45, 2.75) is 56.1 Å². The highest BCUT2D eigenvalue weighted by Crippen LogP contribution is 2.26. The van der Waals surface area contributed by atoms with Crippen LogP contribution in [0.4, 0.5) is 10.1 Å². The molecule has 1 saturated carbocycles. The van der Waals surface area contributed by atoms with E-state index in [1.807, 2.05) is 0 Å². The van der Waals surface area contributed by atoms with Crippen molar-refractivity contribution in [3.8, 4) is 5.75 Å². The Morgan fingerprint density at radius 2 is 1.61 bits per heavy atom. The number of nitrogens with zero attached hydrogens (tertiary/aromatic N) is 2. The number of amides is 2. The molecule has 0 saturated heterocycles. The minimum Gasteiger partial charge on any atom is -0.497 e. The maximum atomic E-state index is 13.9. The van der Waals surface area contributed by atoms with Crippen molar-refractivity contribution in [1.82, 2.24) is 10.2 Å². The first-order valence-corrected chi connectivity index (χ1v) is 15.2. The van der Waals surface area contributed by atoms with Gasteiger partial charge in [-0.05, 0) is 86.0 Å². The highest BCUT2D eigenvalue weighted by molar-refractivity contribution is 7.92. The minimum atomic E-state index is -4.27. The topological polar surface area (TPSA) is 96.0 Å². The normalized spacial score (nSPS) is 14.3. The lowest BCUT2D eigenvalue weighted by molar-refractivity contribution is -0.139. The second-order valence-electron chi connectivity index (χ2n) is 9.98. The number of nitrogens with one attached hydrogen (secondary N) is 1. The molecule has 0 spiro atoms. The van der Waals surface area contributed by atoms with Crippen molar-refractivity contribution >= 4 is 39.1 Å². The molecule has 0 aromatic heterocycles. The van der Waals surface area contributed by atoms with Crippen LogP contribution in [0.3, 0.4) is 0 Å². The van der Waals surface area contributed by atoms with Gasteiger partial charge in [0.05, 0.1) is 17.7 Å². The molecule has 0 bridgehead atoms. The number of halogens is 2. The van der Waals surface area contributed by atoms with Gasteiger partial charge in [0.1, 0.15) is 24.2 Å². The highest BCUT2D eigenvalue weighted by atomic mass is 35.5. The van der Waals surface area contributed by atoms with Gasteiger partial charge >= 0.3 is 0 Å². The number of benzene rings is 3. The molecule has 1 fully saturated rings. The Bertz CT molecular complexity index is 1440. The van der Waals surface area contributed by atoms with Gasteiger partial charge < -0.3 is 15.0 Å². The molecule has 1 N–H and O–H groups in total. The molecule has 1 aliphatic carbocycles. The molecular formula is C30H33ClFN3O5S. The Morgan fingerprint density at radius 3 is 2.20 bits per heavy atom. The van der Waals surface area contributed by atoms with Gasteiger partial charge in [-0.25, -0.2) is 12.8 Å². The molecule has 0 heterocycles. The molecule has 0 unspecified atom stereocenters. The molecule has 218 valence electrons. The smallest absolute Gasteiger partial charge is 0.264 e. The number of rotatable bonds is 11. The Labute approximate surface area is 245 Å². The second kappa shape index (κ2) is 13.4. The third-order valence-electron chi connectivity index (χ3n) is 7.18. The predicted molar refractivity (Wildman–Crippen MR) is 156 cm³/mol. The fraction of sp³-hybridized carbons (Fsp3) is 0.333. The van der Waals surface area contributed by atoms with Crippen LogP contribution >= 0.6 is 11.6 Å². The number of sulfonamides is 1. The highest BCUT2D eigenvalue weighted by Gasteiger charge is 2.33. The number of hydrogen-bond donors (Lipinski definition) is 1. The molecule has 11 heteroatoms. The summed E-state index contributed by atoms with van der Waals surface area (Å²) in [5.41, 5.74) is 0.819. The Morgan fingerprint density at radius 1 is 1.00 bits per heavy atom. The lowest BCUT2D eigenvalue weighted by Crippen LogP contribution is -2.52. The Kier molecular flexibility index (Phi) is 9.88. The van der Waals surface area contributed by atoms with Gasteiger partial charge in [0, 0.05) is 17.6 Å². The minimum absolute atomic E-state index is 0.0450. The van der Waals surface area contributed by atoms with Crippen LogP contribution in [-0.2, 0) is 26.2 Å². The van der Waals surface area contributed by atoms with E-state index >= 15 is 0 Å². The summed E-state index contributed by atoms with van der Waals surface area (Å²) in [5, 5.41) is 3.55. The molecule has 3 aromatic rings. The van der Waals surface area contributed by atoms with E-state index < -0.39 is 34.3 Å². The fourth-order valence-electron chi connectivity index (χ4n) is 4.77. The summed E-state index contributed by atoms with van der Waals surface area (Å²) < 4.78 is 47.5. The van der Waals surface area contributed by atoms with E-state index in [0.29, 0.717) is 10.8 Å². The van der Waals surface area contributed by atoms with E-state index in [2.05, 4.69) is 5.32 Å². The summed E-state index contributed by atoms with van der Waals surface area (Å²) in [5.74, 6) is -1.01. The Balaban J connectivity index is 1.67. The van der Waals surface area contributed by atoms with Crippen LogP contribution < -0.4 is 14.4 Å². The monoisotopic (exact) mass is 601 g/mol. The van der Waals surface area contributed by atoms with Gasteiger partial charge in [-0.2, -0.15) is 0 Å². The van der Waals surface area contributed by atoms with Gasteiger partial charge in [-0.1, -0.05) is 36.6 Å². The van der Waals surface area contributed by atoms with E-state index in [-0.39, 0.29) is 29.1 Å². The van der Waals surface area contributed by atoms with Crippen molar-refractivity contribution in [3.63, 3.8) is 0 Å². The van der Waals surface area contributed by atoms with Crippen LogP contribution in [0.2, 0.25) is 5.02 Å². The first kappa shape index (κ1) is 30.3. The van der Waals surface area contributed by atoms with Crippen LogP contribution in [0.25, 0.3) is 0 Å². The summed E-state index contributed by atoms with van der Waals surface area (Å²) >= 11 is 6.04. The number of carbonyl (C=O) groups is 2. The van der Waals surface area contributed by atoms with Crippen molar-refractivity contribution in [2.24, 2.45) is 0 Å². The quantitative estimate of drug-likeness (QED) is 0.328. The van der Waals surface area contributed by atoms with Crippen LogP contribution in [0.15, 0.2) is 77.7 Å². The number of carbonyl (C=O) groups excluding carboxylic acids is 2. The third kappa shape index (κ3) is 7.56. The van der Waals surface area contributed by atoms with Gasteiger partial charge in [0.2, 0.25) is 11.8 Å². The standard InChI is InChI=1S/C30H33ClFN3O5S/c1-21(30(37)33-25-5-3-4-6-25)34(19-22-7-9-23(31)10-8-22)29(36)20-35(26-13-11-24(32)12-14-26)41(38,39)28-17-15-27(40-2)16-18-28/h7-18,21,25H,3-6,19-20H2,1-2H3,(H,33,37)/t21-/m0/s1. The van der Waals surface area contributed by atoms with Crippen LogP contribution in [0, 0.1) is 5.82 Å². The summed E-state index contributed by atoms with van der Waals surface area (Å²) in [4.78, 5) is 28.5. The van der Waals surface area contributed by atoms with E-state index in [9.17, 15) is 22.4 Å². The number of ether oxygens (including phenoxy) is 1. The second-order valence-corrected chi connectivity index (χ2v) is 12.3. The molecule has 41 heavy (non-hydrogen) atoms. The number of anilines is 1. The van der Waals surface area contributed by atoms with Crippen molar-refractivity contribution < 1.29 is 27.1 Å². The van der Waals surface area contributed by atoms with Crippen LogP contribution in [0.1, 0.15) is 38.2 Å². The summed E-state index contributed by atoms with van der Waals surface area (Å²) in [6.45, 7) is 1.06. The molecule has 0 radical (unpaired) electrons. The third-order valence-corrected chi connectivity index (χ3v) is 9.22. The van der Waals surface area contributed by atoms with Gasteiger partial charge in [-0.3, -0.25) is 13.9 Å². The zero-order valence-corrected chi connectivity index (χ0v) is 24.5. The average molecular weight is 602 g/mol. The number of hydrogen-bond acceptors (Lipinski definition) is 5. The Hall–Kier alpha value is -3.63.